The number of nitrogens with one attached hydrogen (secondary N) is 2. The zero-order valence-corrected chi connectivity index (χ0v) is 10.2. The van der Waals surface area contributed by atoms with Gasteiger partial charge in [0, 0.05) is 29.1 Å². The van der Waals surface area contributed by atoms with E-state index in [0.717, 1.165) is 29.1 Å². The van der Waals surface area contributed by atoms with E-state index in [1.54, 1.807) is 0 Å². The number of para-hydroxylation sites is 2. The molecule has 0 atom stereocenters. The number of rotatable bonds is 0. The predicted octanol–water partition coefficient (Wildman–Crippen LogP) is 3.17. The van der Waals surface area contributed by atoms with Crippen molar-refractivity contribution in [2.24, 2.45) is 0 Å². The first-order valence-corrected chi connectivity index (χ1v) is 6.32. The zero-order valence-electron chi connectivity index (χ0n) is 10.2. The molecule has 0 unspecified atom stereocenters. The maximum absolute atomic E-state index is 12.4. The first kappa shape index (κ1) is 10.4. The van der Waals surface area contributed by atoms with Gasteiger partial charge < -0.3 is 10.6 Å². The monoisotopic (exact) mass is 248 g/mol. The molecule has 19 heavy (non-hydrogen) atoms. The molecule has 0 saturated carbocycles. The molecule has 0 bridgehead atoms. The van der Waals surface area contributed by atoms with Crippen LogP contribution in [-0.2, 0) is 6.42 Å². The molecule has 0 aromatic heterocycles. The highest BCUT2D eigenvalue weighted by Gasteiger charge is 2.29. The Labute approximate surface area is 111 Å². The maximum Gasteiger partial charge on any atom is 0.213 e. The van der Waals surface area contributed by atoms with Gasteiger partial charge in [0.15, 0.2) is 0 Å². The Balaban J connectivity index is 1.77. The number of hydrogen-bond acceptors (Lipinski definition) is 3. The number of ketones is 1. The number of fused-ring (bicyclic) bond motifs is 2. The molecule has 2 N–H and O–H groups in total. The normalized spacial score (nSPS) is 19.7. The number of allylic oxidation sites excluding steroid dienone is 2. The molecule has 0 spiro atoms. The summed E-state index contributed by atoms with van der Waals surface area (Å²) in [5.74, 6) is 0.0749. The molecule has 3 heteroatoms. The van der Waals surface area contributed by atoms with Gasteiger partial charge >= 0.3 is 0 Å². The van der Waals surface area contributed by atoms with Gasteiger partial charge in [-0.2, -0.15) is 0 Å². The van der Waals surface area contributed by atoms with Crippen LogP contribution in [0.3, 0.4) is 0 Å². The molecule has 3 nitrogen and oxygen atoms in total. The van der Waals surface area contributed by atoms with Crippen molar-refractivity contribution in [2.75, 3.05) is 10.6 Å². The third-order valence-corrected chi connectivity index (χ3v) is 3.63. The second-order valence-corrected chi connectivity index (χ2v) is 4.81. The lowest BCUT2D eigenvalue weighted by molar-refractivity contribution is 0.104. The van der Waals surface area contributed by atoms with E-state index in [1.807, 2.05) is 42.5 Å². The van der Waals surface area contributed by atoms with Gasteiger partial charge in [-0.05, 0) is 23.8 Å². The van der Waals surface area contributed by atoms with E-state index in [2.05, 4.69) is 16.7 Å². The molecule has 2 heterocycles. The lowest BCUT2D eigenvalue weighted by Crippen LogP contribution is -2.09. The fourth-order valence-electron chi connectivity index (χ4n) is 2.67. The lowest BCUT2D eigenvalue weighted by atomic mass is 10.1. The van der Waals surface area contributed by atoms with Crippen LogP contribution in [0, 0.1) is 0 Å². The van der Waals surface area contributed by atoms with Crippen LogP contribution in [0.25, 0.3) is 0 Å². The average molecular weight is 248 g/mol. The summed E-state index contributed by atoms with van der Waals surface area (Å²) < 4.78 is 0. The van der Waals surface area contributed by atoms with Crippen molar-refractivity contribution < 1.29 is 4.79 Å². The molecule has 0 fully saturated rings. The van der Waals surface area contributed by atoms with E-state index in [9.17, 15) is 4.79 Å². The summed E-state index contributed by atoms with van der Waals surface area (Å²) in [6.45, 7) is 0. The van der Waals surface area contributed by atoms with Gasteiger partial charge in [0.25, 0.3) is 0 Å². The topological polar surface area (TPSA) is 41.1 Å². The van der Waals surface area contributed by atoms with E-state index in [-0.39, 0.29) is 5.78 Å². The summed E-state index contributed by atoms with van der Waals surface area (Å²) in [7, 11) is 0. The minimum Gasteiger partial charge on any atom is -0.357 e. The van der Waals surface area contributed by atoms with Crippen molar-refractivity contribution in [1.82, 2.24) is 0 Å². The van der Waals surface area contributed by atoms with E-state index < -0.39 is 0 Å². The van der Waals surface area contributed by atoms with Gasteiger partial charge in [0.2, 0.25) is 5.78 Å². The average Bonchev–Trinajstić information content (AvgIpc) is 3.00. The number of carbonyl (C=O) groups is 1. The van der Waals surface area contributed by atoms with Crippen LogP contribution in [0.1, 0.15) is 15.9 Å². The van der Waals surface area contributed by atoms with Gasteiger partial charge in [-0.1, -0.05) is 30.3 Å². The van der Waals surface area contributed by atoms with Crippen LogP contribution < -0.4 is 10.6 Å². The summed E-state index contributed by atoms with van der Waals surface area (Å²) >= 11 is 0. The molecule has 0 saturated heterocycles. The van der Waals surface area contributed by atoms with Crippen LogP contribution >= 0.6 is 0 Å². The SMILES string of the molecule is O=C1C(=C2Cc3ccccc3N2)Nc2ccccc21. The van der Waals surface area contributed by atoms with Crippen molar-refractivity contribution in [3.8, 4) is 0 Å². The van der Waals surface area contributed by atoms with Crippen molar-refractivity contribution >= 4 is 17.2 Å². The third-order valence-electron chi connectivity index (χ3n) is 3.63. The first-order chi connectivity index (χ1) is 9.33. The molecule has 0 amide bonds. The van der Waals surface area contributed by atoms with Crippen molar-refractivity contribution in [3.05, 3.63) is 71.1 Å². The second kappa shape index (κ2) is 3.72. The van der Waals surface area contributed by atoms with Crippen LogP contribution in [0.15, 0.2) is 59.9 Å². The molecule has 2 aliphatic rings. The minimum absolute atomic E-state index is 0.0749. The largest absolute Gasteiger partial charge is 0.357 e. The smallest absolute Gasteiger partial charge is 0.213 e. The second-order valence-electron chi connectivity index (χ2n) is 4.81. The summed E-state index contributed by atoms with van der Waals surface area (Å²) in [6, 6.07) is 15.8. The van der Waals surface area contributed by atoms with Crippen LogP contribution in [0.2, 0.25) is 0 Å². The molecule has 4 rings (SSSR count). The molecule has 2 aromatic carbocycles. The van der Waals surface area contributed by atoms with E-state index in [0.29, 0.717) is 5.70 Å². The predicted molar refractivity (Wildman–Crippen MR) is 75.2 cm³/mol. The van der Waals surface area contributed by atoms with Crippen molar-refractivity contribution in [3.63, 3.8) is 0 Å². The zero-order chi connectivity index (χ0) is 12.8. The maximum atomic E-state index is 12.4. The van der Waals surface area contributed by atoms with Crippen LogP contribution in [0.5, 0.6) is 0 Å². The summed E-state index contributed by atoms with van der Waals surface area (Å²) in [5.41, 5.74) is 5.61. The molecular weight excluding hydrogens is 236 g/mol. The number of benzene rings is 2. The Bertz CT molecular complexity index is 704. The Morgan fingerprint density at radius 3 is 2.37 bits per heavy atom. The fraction of sp³-hybridized carbons (Fsp3) is 0.0625. The molecule has 2 aromatic rings. The van der Waals surface area contributed by atoms with Crippen molar-refractivity contribution in [2.45, 2.75) is 6.42 Å². The standard InChI is InChI=1S/C16H12N2O/c19-16-11-6-2-4-8-13(11)18-15(16)14-9-10-5-1-3-7-12(10)17-14/h1-8,17-18H,9H2. The quantitative estimate of drug-likeness (QED) is 0.703. The van der Waals surface area contributed by atoms with Gasteiger partial charge in [0.05, 0.1) is 0 Å². The molecule has 2 aliphatic heterocycles. The molecular formula is C16H12N2O. The first-order valence-electron chi connectivity index (χ1n) is 6.32. The Kier molecular flexibility index (Phi) is 2.03. The Morgan fingerprint density at radius 1 is 0.842 bits per heavy atom. The Morgan fingerprint density at radius 2 is 1.58 bits per heavy atom. The highest BCUT2D eigenvalue weighted by molar-refractivity contribution is 6.19. The lowest BCUT2D eigenvalue weighted by Gasteiger charge is -2.04. The molecule has 92 valence electrons. The van der Waals surface area contributed by atoms with Crippen LogP contribution in [-0.4, -0.2) is 5.78 Å². The highest BCUT2D eigenvalue weighted by atomic mass is 16.1. The summed E-state index contributed by atoms with van der Waals surface area (Å²) in [6.07, 6.45) is 0.776. The fourth-order valence-corrected chi connectivity index (χ4v) is 2.67. The number of Topliss-reactive ketones (excluding diaryl/α,β-unsaturated/α-hetero) is 1. The van der Waals surface area contributed by atoms with Gasteiger partial charge in [-0.25, -0.2) is 0 Å². The van der Waals surface area contributed by atoms with E-state index in [4.69, 9.17) is 0 Å². The van der Waals surface area contributed by atoms with Crippen molar-refractivity contribution in [1.29, 1.82) is 0 Å². The number of anilines is 2. The van der Waals surface area contributed by atoms with Crippen LogP contribution in [0.4, 0.5) is 11.4 Å². The highest BCUT2D eigenvalue weighted by Crippen LogP contribution is 2.34. The molecule has 0 radical (unpaired) electrons. The van der Waals surface area contributed by atoms with Gasteiger partial charge in [0.1, 0.15) is 5.70 Å². The van der Waals surface area contributed by atoms with Gasteiger partial charge in [-0.3, -0.25) is 4.79 Å². The summed E-state index contributed by atoms with van der Waals surface area (Å²) in [5, 5.41) is 6.57. The summed E-state index contributed by atoms with van der Waals surface area (Å²) in [4.78, 5) is 12.4. The number of hydrogen-bond donors (Lipinski definition) is 2. The molecule has 0 aliphatic carbocycles. The van der Waals surface area contributed by atoms with E-state index >= 15 is 0 Å². The van der Waals surface area contributed by atoms with Gasteiger partial charge in [-0.15, -0.1) is 0 Å². The van der Waals surface area contributed by atoms with E-state index in [1.165, 1.54) is 5.56 Å². The Hall–Kier alpha value is -2.55. The number of carbonyl (C=O) groups excluding carboxylic acids is 1. The third kappa shape index (κ3) is 1.48. The minimum atomic E-state index is 0.0749.